The molecule has 1 N–H and O–H groups in total. The number of hydrogen-bond donors (Lipinski definition) is 1. The molecular weight excluding hydrogens is 246 g/mol. The van der Waals surface area contributed by atoms with E-state index in [0.29, 0.717) is 22.9 Å². The highest BCUT2D eigenvalue weighted by Gasteiger charge is 2.16. The van der Waals surface area contributed by atoms with Gasteiger partial charge in [-0.2, -0.15) is 0 Å². The number of carboxylic acid groups (broad SMARTS) is 1. The molecule has 19 heavy (non-hydrogen) atoms. The minimum Gasteiger partial charge on any atom is -0.496 e. The summed E-state index contributed by atoms with van der Waals surface area (Å²) in [6, 6.07) is 7.14. The van der Waals surface area contributed by atoms with Gasteiger partial charge < -0.3 is 14.4 Å². The smallest absolute Gasteiger partial charge is 0.374 e. The van der Waals surface area contributed by atoms with E-state index >= 15 is 0 Å². The Kier molecular flexibility index (Phi) is 3.55. The highest BCUT2D eigenvalue weighted by atomic mass is 16.5. The molecule has 0 atom stereocenters. The monoisotopic (exact) mass is 261 g/mol. The molecule has 5 nitrogen and oxygen atoms in total. The SMILES string of the molecule is COc1cc(C(C)C)ccc1-c1cc(C(=O)O)on1. The number of carbonyl (C=O) groups is 1. The van der Waals surface area contributed by atoms with Crippen molar-refractivity contribution in [1.82, 2.24) is 5.16 Å². The topological polar surface area (TPSA) is 72.6 Å². The van der Waals surface area contributed by atoms with E-state index in [0.717, 1.165) is 5.56 Å². The lowest BCUT2D eigenvalue weighted by atomic mass is 10.00. The maximum Gasteiger partial charge on any atom is 0.374 e. The van der Waals surface area contributed by atoms with Crippen molar-refractivity contribution >= 4 is 5.97 Å². The number of rotatable bonds is 4. The number of nitrogens with zero attached hydrogens (tertiary/aromatic N) is 1. The molecule has 0 amide bonds. The van der Waals surface area contributed by atoms with Crippen molar-refractivity contribution in [3.63, 3.8) is 0 Å². The van der Waals surface area contributed by atoms with Crippen LogP contribution in [0.4, 0.5) is 0 Å². The molecule has 1 aromatic carbocycles. The van der Waals surface area contributed by atoms with E-state index in [4.69, 9.17) is 14.4 Å². The lowest BCUT2D eigenvalue weighted by Crippen LogP contribution is -1.93. The maximum atomic E-state index is 10.8. The summed E-state index contributed by atoms with van der Waals surface area (Å²) in [5.74, 6) is -0.298. The summed E-state index contributed by atoms with van der Waals surface area (Å²) >= 11 is 0. The fraction of sp³-hybridized carbons (Fsp3) is 0.286. The van der Waals surface area contributed by atoms with Crippen LogP contribution in [0.3, 0.4) is 0 Å². The Bertz CT molecular complexity index is 601. The predicted octanol–water partition coefficient (Wildman–Crippen LogP) is 3.17. The third-order valence-corrected chi connectivity index (χ3v) is 2.89. The fourth-order valence-electron chi connectivity index (χ4n) is 1.78. The average molecular weight is 261 g/mol. The summed E-state index contributed by atoms with van der Waals surface area (Å²) < 4.78 is 10.1. The van der Waals surface area contributed by atoms with E-state index in [-0.39, 0.29) is 5.76 Å². The van der Waals surface area contributed by atoms with Crippen LogP contribution in [-0.4, -0.2) is 23.3 Å². The van der Waals surface area contributed by atoms with Crippen LogP contribution in [0.1, 0.15) is 35.9 Å². The lowest BCUT2D eigenvalue weighted by molar-refractivity contribution is 0.0652. The van der Waals surface area contributed by atoms with Crippen molar-refractivity contribution in [2.75, 3.05) is 7.11 Å². The van der Waals surface area contributed by atoms with Crippen molar-refractivity contribution in [2.45, 2.75) is 19.8 Å². The molecule has 0 fully saturated rings. The van der Waals surface area contributed by atoms with Crippen LogP contribution in [0.2, 0.25) is 0 Å². The average Bonchev–Trinajstić information content (AvgIpc) is 2.87. The fourth-order valence-corrected chi connectivity index (χ4v) is 1.78. The van der Waals surface area contributed by atoms with Gasteiger partial charge in [0.15, 0.2) is 0 Å². The van der Waals surface area contributed by atoms with Crippen molar-refractivity contribution < 1.29 is 19.2 Å². The first-order chi connectivity index (χ1) is 9.02. The van der Waals surface area contributed by atoms with Gasteiger partial charge in [-0.25, -0.2) is 4.79 Å². The molecule has 0 radical (unpaired) electrons. The number of ether oxygens (including phenoxy) is 1. The molecule has 0 unspecified atom stereocenters. The summed E-state index contributed by atoms with van der Waals surface area (Å²) in [7, 11) is 1.57. The normalized spacial score (nSPS) is 10.7. The second kappa shape index (κ2) is 5.14. The zero-order valence-corrected chi connectivity index (χ0v) is 11.0. The van der Waals surface area contributed by atoms with Gasteiger partial charge in [0, 0.05) is 11.6 Å². The van der Waals surface area contributed by atoms with E-state index in [1.54, 1.807) is 7.11 Å². The molecule has 2 aromatic rings. The Morgan fingerprint density at radius 3 is 2.63 bits per heavy atom. The van der Waals surface area contributed by atoms with Gasteiger partial charge in [0.2, 0.25) is 5.76 Å². The predicted molar refractivity (Wildman–Crippen MR) is 69.5 cm³/mol. The Labute approximate surface area is 110 Å². The molecule has 1 heterocycles. The van der Waals surface area contributed by atoms with Crippen LogP contribution >= 0.6 is 0 Å². The molecule has 0 spiro atoms. The molecule has 2 rings (SSSR count). The van der Waals surface area contributed by atoms with Crippen LogP contribution in [0, 0.1) is 0 Å². The molecule has 0 saturated carbocycles. The van der Waals surface area contributed by atoms with E-state index in [1.165, 1.54) is 6.07 Å². The second-order valence-electron chi connectivity index (χ2n) is 4.50. The van der Waals surface area contributed by atoms with Crippen LogP contribution in [0.5, 0.6) is 5.75 Å². The Morgan fingerprint density at radius 2 is 2.11 bits per heavy atom. The lowest BCUT2D eigenvalue weighted by Gasteiger charge is -2.10. The first kappa shape index (κ1) is 13.1. The third-order valence-electron chi connectivity index (χ3n) is 2.89. The molecule has 5 heteroatoms. The Morgan fingerprint density at radius 1 is 1.37 bits per heavy atom. The minimum atomic E-state index is -1.14. The van der Waals surface area contributed by atoms with Gasteiger partial charge >= 0.3 is 5.97 Å². The van der Waals surface area contributed by atoms with Gasteiger partial charge in [-0.3, -0.25) is 0 Å². The number of benzene rings is 1. The summed E-state index contributed by atoms with van der Waals surface area (Å²) in [6.45, 7) is 4.18. The molecule has 100 valence electrons. The van der Waals surface area contributed by atoms with Gasteiger partial charge in [0.1, 0.15) is 11.4 Å². The highest BCUT2D eigenvalue weighted by molar-refractivity contribution is 5.86. The largest absolute Gasteiger partial charge is 0.496 e. The number of hydrogen-bond acceptors (Lipinski definition) is 4. The van der Waals surface area contributed by atoms with Crippen molar-refractivity contribution in [1.29, 1.82) is 0 Å². The zero-order chi connectivity index (χ0) is 14.0. The minimum absolute atomic E-state index is 0.190. The summed E-state index contributed by atoms with van der Waals surface area (Å²) in [5, 5.41) is 12.6. The van der Waals surface area contributed by atoms with Crippen LogP contribution < -0.4 is 4.74 Å². The van der Waals surface area contributed by atoms with Crippen LogP contribution in [0.15, 0.2) is 28.8 Å². The van der Waals surface area contributed by atoms with Crippen molar-refractivity contribution in [3.05, 3.63) is 35.6 Å². The molecular formula is C14H15NO4. The van der Waals surface area contributed by atoms with E-state index < -0.39 is 5.97 Å². The standard InChI is InChI=1S/C14H15NO4/c1-8(2)9-4-5-10(12(6-9)18-3)11-7-13(14(16)17)19-15-11/h4-8H,1-3H3,(H,16,17). The van der Waals surface area contributed by atoms with E-state index in [1.807, 2.05) is 18.2 Å². The van der Waals surface area contributed by atoms with Crippen molar-refractivity contribution in [2.24, 2.45) is 0 Å². The molecule has 0 bridgehead atoms. The number of aromatic nitrogens is 1. The van der Waals surface area contributed by atoms with E-state index in [2.05, 4.69) is 19.0 Å². The number of carboxylic acids is 1. The third kappa shape index (κ3) is 2.59. The molecule has 1 aromatic heterocycles. The van der Waals surface area contributed by atoms with Crippen molar-refractivity contribution in [3.8, 4) is 17.0 Å². The molecule has 0 saturated heterocycles. The van der Waals surface area contributed by atoms with Gasteiger partial charge in [-0.15, -0.1) is 0 Å². The van der Waals surface area contributed by atoms with Gasteiger partial charge in [-0.1, -0.05) is 25.1 Å². The zero-order valence-electron chi connectivity index (χ0n) is 11.0. The quantitative estimate of drug-likeness (QED) is 0.915. The summed E-state index contributed by atoms with van der Waals surface area (Å²) in [5.41, 5.74) is 2.30. The molecule has 0 aliphatic carbocycles. The van der Waals surface area contributed by atoms with Gasteiger partial charge in [0.05, 0.1) is 7.11 Å². The Balaban J connectivity index is 2.46. The first-order valence-electron chi connectivity index (χ1n) is 5.91. The highest BCUT2D eigenvalue weighted by Crippen LogP contribution is 2.32. The van der Waals surface area contributed by atoms with Gasteiger partial charge in [0.25, 0.3) is 0 Å². The Hall–Kier alpha value is -2.30. The van der Waals surface area contributed by atoms with Crippen LogP contribution in [0.25, 0.3) is 11.3 Å². The second-order valence-corrected chi connectivity index (χ2v) is 4.50. The summed E-state index contributed by atoms with van der Waals surface area (Å²) in [6.07, 6.45) is 0. The molecule has 0 aliphatic rings. The van der Waals surface area contributed by atoms with Crippen LogP contribution in [-0.2, 0) is 0 Å². The number of methoxy groups -OCH3 is 1. The van der Waals surface area contributed by atoms with Gasteiger partial charge in [-0.05, 0) is 23.6 Å². The van der Waals surface area contributed by atoms with E-state index in [9.17, 15) is 4.79 Å². The molecule has 0 aliphatic heterocycles. The first-order valence-corrected chi connectivity index (χ1v) is 5.91. The maximum absolute atomic E-state index is 10.8. The number of aromatic carboxylic acids is 1. The summed E-state index contributed by atoms with van der Waals surface area (Å²) in [4.78, 5) is 10.8.